The van der Waals surface area contributed by atoms with Gasteiger partial charge in [0, 0.05) is 5.56 Å². The van der Waals surface area contributed by atoms with Crippen LogP contribution in [0.3, 0.4) is 0 Å². The van der Waals surface area contributed by atoms with Gasteiger partial charge in [-0.25, -0.2) is 14.7 Å². The second-order valence-electron chi connectivity index (χ2n) is 7.42. The molecule has 3 aromatic rings. The Bertz CT molecular complexity index is 1040. The fraction of sp³-hybridized carbons (Fsp3) is 0.227. The maximum atomic E-state index is 13.0. The number of ketones is 1. The number of hydrogen-bond donors (Lipinski definition) is 1. The van der Waals surface area contributed by atoms with Crippen LogP contribution in [-0.2, 0) is 4.74 Å². The van der Waals surface area contributed by atoms with Gasteiger partial charge in [0.05, 0.1) is 12.8 Å². The van der Waals surface area contributed by atoms with E-state index in [-0.39, 0.29) is 21.6 Å². The SMILES string of the molecule is COc1ccc(N(C(=O)OC(C)(C)C)c2nc(N)c(C(=O)c3ccccc3)s2)cc1. The molecule has 0 radical (unpaired) electrons. The number of aromatic nitrogens is 1. The monoisotopic (exact) mass is 425 g/mol. The summed E-state index contributed by atoms with van der Waals surface area (Å²) in [6.45, 7) is 5.33. The third-order valence-electron chi connectivity index (χ3n) is 3.98. The quantitative estimate of drug-likeness (QED) is 0.576. The lowest BCUT2D eigenvalue weighted by molar-refractivity contribution is 0.0599. The van der Waals surface area contributed by atoms with Crippen molar-refractivity contribution in [3.63, 3.8) is 0 Å². The molecule has 1 heterocycles. The number of nitrogen functional groups attached to an aromatic ring is 1. The number of carbonyl (C=O) groups excluding carboxylic acids is 2. The van der Waals surface area contributed by atoms with Crippen LogP contribution in [0.25, 0.3) is 0 Å². The van der Waals surface area contributed by atoms with Crippen molar-refractivity contribution >= 4 is 39.9 Å². The van der Waals surface area contributed by atoms with Crippen molar-refractivity contribution < 1.29 is 19.1 Å². The number of rotatable bonds is 5. The number of amides is 1. The number of anilines is 3. The standard InChI is InChI=1S/C22H23N3O4S/c1-22(2,3)29-21(27)25(15-10-12-16(28-4)13-11-15)20-24-19(23)18(30-20)17(26)14-8-6-5-7-9-14/h5-13H,23H2,1-4H3. The molecule has 1 amide bonds. The highest BCUT2D eigenvalue weighted by molar-refractivity contribution is 7.18. The average molecular weight is 426 g/mol. The minimum atomic E-state index is -0.715. The van der Waals surface area contributed by atoms with E-state index in [4.69, 9.17) is 15.2 Å². The van der Waals surface area contributed by atoms with E-state index in [0.717, 1.165) is 11.3 Å². The molecule has 0 bridgehead atoms. The fourth-order valence-electron chi connectivity index (χ4n) is 2.63. The van der Waals surface area contributed by atoms with Gasteiger partial charge >= 0.3 is 6.09 Å². The Morgan fingerprint density at radius 3 is 2.23 bits per heavy atom. The summed E-state index contributed by atoms with van der Waals surface area (Å²) in [6.07, 6.45) is -0.625. The molecule has 0 aliphatic rings. The smallest absolute Gasteiger partial charge is 0.421 e. The third kappa shape index (κ3) is 4.77. The van der Waals surface area contributed by atoms with Gasteiger partial charge in [0.25, 0.3) is 0 Å². The molecule has 30 heavy (non-hydrogen) atoms. The van der Waals surface area contributed by atoms with Gasteiger partial charge < -0.3 is 15.2 Å². The summed E-state index contributed by atoms with van der Waals surface area (Å²) in [5, 5.41) is 0.242. The first-order valence-corrected chi connectivity index (χ1v) is 10.0. The van der Waals surface area contributed by atoms with Crippen molar-refractivity contribution in [2.24, 2.45) is 0 Å². The van der Waals surface area contributed by atoms with Gasteiger partial charge in [0.2, 0.25) is 10.9 Å². The van der Waals surface area contributed by atoms with E-state index in [2.05, 4.69) is 4.98 Å². The Labute approximate surface area is 179 Å². The third-order valence-corrected chi connectivity index (χ3v) is 5.04. The number of nitrogens with zero attached hydrogens (tertiary/aromatic N) is 2. The minimum Gasteiger partial charge on any atom is -0.497 e. The van der Waals surface area contributed by atoms with E-state index < -0.39 is 11.7 Å². The topological polar surface area (TPSA) is 94.8 Å². The average Bonchev–Trinajstić information content (AvgIpc) is 3.08. The van der Waals surface area contributed by atoms with Crippen molar-refractivity contribution in [3.05, 3.63) is 65.0 Å². The van der Waals surface area contributed by atoms with Crippen LogP contribution in [0, 0.1) is 0 Å². The fourth-order valence-corrected chi connectivity index (χ4v) is 3.59. The summed E-state index contributed by atoms with van der Waals surface area (Å²) in [5.41, 5.74) is 6.34. The summed E-state index contributed by atoms with van der Waals surface area (Å²) in [7, 11) is 1.56. The Morgan fingerprint density at radius 1 is 1.03 bits per heavy atom. The van der Waals surface area contributed by atoms with Crippen LogP contribution in [-0.4, -0.2) is 29.6 Å². The van der Waals surface area contributed by atoms with Crippen LogP contribution in [0.15, 0.2) is 54.6 Å². The highest BCUT2D eigenvalue weighted by Gasteiger charge is 2.29. The maximum absolute atomic E-state index is 13.0. The largest absolute Gasteiger partial charge is 0.497 e. The predicted molar refractivity (Wildman–Crippen MR) is 118 cm³/mol. The van der Waals surface area contributed by atoms with Crippen LogP contribution < -0.4 is 15.4 Å². The van der Waals surface area contributed by atoms with Crippen molar-refractivity contribution in [2.75, 3.05) is 17.7 Å². The first-order valence-electron chi connectivity index (χ1n) is 9.23. The van der Waals surface area contributed by atoms with Crippen LogP contribution >= 0.6 is 11.3 Å². The lowest BCUT2D eigenvalue weighted by atomic mass is 10.1. The summed E-state index contributed by atoms with van der Waals surface area (Å²) in [6, 6.07) is 15.6. The van der Waals surface area contributed by atoms with E-state index in [1.165, 1.54) is 4.90 Å². The molecule has 0 saturated heterocycles. The summed E-state index contributed by atoms with van der Waals surface area (Å²) < 4.78 is 10.7. The molecule has 8 heteroatoms. The van der Waals surface area contributed by atoms with Crippen molar-refractivity contribution in [1.29, 1.82) is 0 Å². The molecule has 0 aliphatic carbocycles. The second-order valence-corrected chi connectivity index (χ2v) is 8.40. The summed E-state index contributed by atoms with van der Waals surface area (Å²) in [5.74, 6) is 0.447. The number of nitrogens with two attached hydrogens (primary N) is 1. The molecule has 0 atom stereocenters. The van der Waals surface area contributed by atoms with Gasteiger partial charge in [0.15, 0.2) is 0 Å². The van der Waals surface area contributed by atoms with E-state index in [1.807, 2.05) is 6.07 Å². The van der Waals surface area contributed by atoms with E-state index in [9.17, 15) is 9.59 Å². The summed E-state index contributed by atoms with van der Waals surface area (Å²) in [4.78, 5) is 31.7. The molecule has 0 spiro atoms. The van der Waals surface area contributed by atoms with Gasteiger partial charge in [-0.3, -0.25) is 4.79 Å². The molecule has 0 saturated carbocycles. The second kappa shape index (κ2) is 8.54. The lowest BCUT2D eigenvalue weighted by Gasteiger charge is -2.25. The van der Waals surface area contributed by atoms with E-state index in [1.54, 1.807) is 76.4 Å². The Balaban J connectivity index is 2.03. The molecule has 156 valence electrons. The molecular weight excluding hydrogens is 402 g/mol. The molecule has 3 rings (SSSR count). The van der Waals surface area contributed by atoms with Crippen LogP contribution in [0.5, 0.6) is 5.75 Å². The molecule has 0 aliphatic heterocycles. The maximum Gasteiger partial charge on any atom is 0.421 e. The first-order chi connectivity index (χ1) is 14.2. The molecule has 2 N–H and O–H groups in total. The molecular formula is C22H23N3O4S. The molecule has 7 nitrogen and oxygen atoms in total. The van der Waals surface area contributed by atoms with Crippen molar-refractivity contribution in [3.8, 4) is 5.75 Å². The zero-order valence-corrected chi connectivity index (χ0v) is 18.0. The van der Waals surface area contributed by atoms with Crippen molar-refractivity contribution in [2.45, 2.75) is 26.4 Å². The van der Waals surface area contributed by atoms with Crippen LogP contribution in [0.4, 0.5) is 21.4 Å². The normalized spacial score (nSPS) is 11.1. The Morgan fingerprint density at radius 2 is 1.67 bits per heavy atom. The van der Waals surface area contributed by atoms with Gasteiger partial charge in [0.1, 0.15) is 22.0 Å². The number of benzene rings is 2. The summed E-state index contributed by atoms with van der Waals surface area (Å²) >= 11 is 1.04. The number of ether oxygens (including phenoxy) is 2. The van der Waals surface area contributed by atoms with E-state index in [0.29, 0.717) is 17.0 Å². The Kier molecular flexibility index (Phi) is 6.07. The highest BCUT2D eigenvalue weighted by Crippen LogP contribution is 2.36. The molecule has 1 aromatic heterocycles. The number of methoxy groups -OCH3 is 1. The molecule has 2 aromatic carbocycles. The zero-order valence-electron chi connectivity index (χ0n) is 17.2. The van der Waals surface area contributed by atoms with Gasteiger partial charge in [-0.1, -0.05) is 41.7 Å². The van der Waals surface area contributed by atoms with Gasteiger partial charge in [-0.15, -0.1) is 0 Å². The minimum absolute atomic E-state index is 0.0610. The zero-order chi connectivity index (χ0) is 21.9. The van der Waals surface area contributed by atoms with Crippen LogP contribution in [0.2, 0.25) is 0 Å². The molecule has 0 unspecified atom stereocenters. The number of carbonyl (C=O) groups is 2. The van der Waals surface area contributed by atoms with Gasteiger partial charge in [-0.05, 0) is 45.0 Å². The van der Waals surface area contributed by atoms with Crippen molar-refractivity contribution in [1.82, 2.24) is 4.98 Å². The first kappa shape index (κ1) is 21.3. The number of thiazole rings is 1. The Hall–Kier alpha value is -3.39. The lowest BCUT2D eigenvalue weighted by Crippen LogP contribution is -2.33. The van der Waals surface area contributed by atoms with Gasteiger partial charge in [-0.2, -0.15) is 0 Å². The number of hydrogen-bond acceptors (Lipinski definition) is 7. The van der Waals surface area contributed by atoms with Crippen LogP contribution in [0.1, 0.15) is 36.0 Å². The van der Waals surface area contributed by atoms with E-state index >= 15 is 0 Å². The highest BCUT2D eigenvalue weighted by atomic mass is 32.1. The predicted octanol–water partition coefficient (Wildman–Crippen LogP) is 5.04. The molecule has 0 fully saturated rings.